The Morgan fingerprint density at radius 1 is 1.62 bits per heavy atom. The smallest absolute Gasteiger partial charge is 0.237 e. The van der Waals surface area contributed by atoms with E-state index in [0.29, 0.717) is 0 Å². The van der Waals surface area contributed by atoms with Crippen molar-refractivity contribution in [1.29, 1.82) is 0 Å². The maximum Gasteiger partial charge on any atom is 0.237 e. The van der Waals surface area contributed by atoms with Crippen molar-refractivity contribution in [2.24, 2.45) is 5.41 Å². The van der Waals surface area contributed by atoms with Gasteiger partial charge in [0, 0.05) is 0 Å². The van der Waals surface area contributed by atoms with Crippen LogP contribution in [-0.2, 0) is 4.79 Å². The summed E-state index contributed by atoms with van der Waals surface area (Å²) in [5.74, 6) is 0.0191. The second kappa shape index (κ2) is 5.64. The van der Waals surface area contributed by atoms with E-state index < -0.39 is 0 Å². The monoisotopic (exact) mass is 228 g/mol. The number of carbonyl (C=O) groups excluding carboxylic acids is 1. The summed E-state index contributed by atoms with van der Waals surface area (Å²) in [5.41, 5.74) is -0.00389. The average Bonchev–Trinajstić information content (AvgIpc) is 2.24. The van der Waals surface area contributed by atoms with Gasteiger partial charge in [-0.25, -0.2) is 0 Å². The van der Waals surface area contributed by atoms with Crippen LogP contribution >= 0.6 is 0 Å². The lowest BCUT2D eigenvalue weighted by Gasteiger charge is -2.38. The van der Waals surface area contributed by atoms with Crippen LogP contribution in [0.15, 0.2) is 0 Å². The molecule has 1 amide bonds. The van der Waals surface area contributed by atoms with E-state index >= 15 is 0 Å². The highest BCUT2D eigenvalue weighted by Gasteiger charge is 2.37. The van der Waals surface area contributed by atoms with E-state index in [1.165, 1.54) is 0 Å². The number of carbonyl (C=O) groups is 1. The Kier molecular flexibility index (Phi) is 4.74. The van der Waals surface area contributed by atoms with Crippen LogP contribution in [0.25, 0.3) is 0 Å². The SMILES string of the molecule is CCC(CO)NC(=O)C1NCCCC1(C)C. The van der Waals surface area contributed by atoms with Gasteiger partial charge in [-0.1, -0.05) is 20.8 Å². The van der Waals surface area contributed by atoms with Crippen molar-refractivity contribution >= 4 is 5.91 Å². The maximum atomic E-state index is 12.1. The van der Waals surface area contributed by atoms with Gasteiger partial charge in [-0.15, -0.1) is 0 Å². The van der Waals surface area contributed by atoms with Gasteiger partial charge in [0.25, 0.3) is 0 Å². The molecule has 0 aliphatic carbocycles. The second-order valence-electron chi connectivity index (χ2n) is 5.28. The van der Waals surface area contributed by atoms with Crippen molar-refractivity contribution in [2.75, 3.05) is 13.2 Å². The summed E-state index contributed by atoms with van der Waals surface area (Å²) in [6.45, 7) is 7.10. The molecule has 1 rings (SSSR count). The fraction of sp³-hybridized carbons (Fsp3) is 0.917. The standard InChI is InChI=1S/C12H24N2O2/c1-4-9(8-15)14-11(16)10-12(2,3)6-5-7-13-10/h9-10,13,15H,4-8H2,1-3H3,(H,14,16). The topological polar surface area (TPSA) is 61.4 Å². The molecule has 2 atom stereocenters. The third-order valence-corrected chi connectivity index (χ3v) is 3.45. The molecule has 1 aliphatic heterocycles. The van der Waals surface area contributed by atoms with Crippen LogP contribution in [0.5, 0.6) is 0 Å². The Bertz CT molecular complexity index is 237. The summed E-state index contributed by atoms with van der Waals surface area (Å²) >= 11 is 0. The molecular weight excluding hydrogens is 204 g/mol. The Morgan fingerprint density at radius 2 is 2.31 bits per heavy atom. The molecule has 3 N–H and O–H groups in total. The fourth-order valence-corrected chi connectivity index (χ4v) is 2.22. The van der Waals surface area contributed by atoms with E-state index in [1.807, 2.05) is 6.92 Å². The highest BCUT2D eigenvalue weighted by molar-refractivity contribution is 5.83. The Morgan fingerprint density at radius 3 is 2.81 bits per heavy atom. The number of rotatable bonds is 4. The van der Waals surface area contributed by atoms with E-state index in [-0.39, 0.29) is 30.0 Å². The van der Waals surface area contributed by atoms with Gasteiger partial charge in [0.15, 0.2) is 0 Å². The Hall–Kier alpha value is -0.610. The zero-order valence-corrected chi connectivity index (χ0v) is 10.5. The van der Waals surface area contributed by atoms with Crippen LogP contribution in [0.4, 0.5) is 0 Å². The number of aliphatic hydroxyl groups excluding tert-OH is 1. The molecule has 0 saturated carbocycles. The van der Waals surface area contributed by atoms with Crippen LogP contribution in [0.1, 0.15) is 40.0 Å². The van der Waals surface area contributed by atoms with Crippen molar-refractivity contribution in [1.82, 2.24) is 10.6 Å². The van der Waals surface area contributed by atoms with Gasteiger partial charge in [0.05, 0.1) is 18.7 Å². The molecule has 0 aromatic rings. The van der Waals surface area contributed by atoms with Crippen LogP contribution in [0.3, 0.4) is 0 Å². The van der Waals surface area contributed by atoms with Gasteiger partial charge in [-0.2, -0.15) is 0 Å². The average molecular weight is 228 g/mol. The minimum absolute atomic E-state index is 0.00389. The molecule has 0 aromatic heterocycles. The first-order valence-corrected chi connectivity index (χ1v) is 6.16. The summed E-state index contributed by atoms with van der Waals surface area (Å²) in [6, 6.07) is -0.256. The van der Waals surface area contributed by atoms with Crippen molar-refractivity contribution in [3.63, 3.8) is 0 Å². The van der Waals surface area contributed by atoms with Gasteiger partial charge in [-0.05, 0) is 31.2 Å². The van der Waals surface area contributed by atoms with E-state index in [9.17, 15) is 4.79 Å². The van der Waals surface area contributed by atoms with Gasteiger partial charge in [0.1, 0.15) is 0 Å². The fourth-order valence-electron chi connectivity index (χ4n) is 2.22. The van der Waals surface area contributed by atoms with E-state index in [2.05, 4.69) is 24.5 Å². The summed E-state index contributed by atoms with van der Waals surface area (Å²) in [6.07, 6.45) is 2.94. The largest absolute Gasteiger partial charge is 0.394 e. The molecule has 4 nitrogen and oxygen atoms in total. The Labute approximate surface area is 97.8 Å². The number of hydrogen-bond donors (Lipinski definition) is 3. The summed E-state index contributed by atoms with van der Waals surface area (Å²) in [4.78, 5) is 12.1. The highest BCUT2D eigenvalue weighted by Crippen LogP contribution is 2.30. The van der Waals surface area contributed by atoms with Crippen LogP contribution in [0.2, 0.25) is 0 Å². The first-order chi connectivity index (χ1) is 7.51. The quantitative estimate of drug-likeness (QED) is 0.662. The van der Waals surface area contributed by atoms with Gasteiger partial charge in [-0.3, -0.25) is 4.79 Å². The number of nitrogens with one attached hydrogen (secondary N) is 2. The molecule has 1 fully saturated rings. The molecule has 0 bridgehead atoms. The number of amides is 1. The zero-order valence-electron chi connectivity index (χ0n) is 10.5. The summed E-state index contributed by atoms with van der Waals surface area (Å²) < 4.78 is 0. The lowest BCUT2D eigenvalue weighted by atomic mass is 9.77. The molecule has 1 heterocycles. The maximum absolute atomic E-state index is 12.1. The summed E-state index contributed by atoms with van der Waals surface area (Å²) in [7, 11) is 0. The first-order valence-electron chi connectivity index (χ1n) is 6.16. The zero-order chi connectivity index (χ0) is 12.2. The van der Waals surface area contributed by atoms with Crippen LogP contribution in [0, 0.1) is 5.41 Å². The molecule has 0 radical (unpaired) electrons. The Balaban J connectivity index is 2.58. The normalized spacial score (nSPS) is 26.1. The minimum Gasteiger partial charge on any atom is -0.394 e. The minimum atomic E-state index is -0.137. The molecule has 2 unspecified atom stereocenters. The number of piperidine rings is 1. The van der Waals surface area contributed by atoms with Gasteiger partial charge < -0.3 is 15.7 Å². The second-order valence-corrected chi connectivity index (χ2v) is 5.28. The van der Waals surface area contributed by atoms with Crippen LogP contribution in [-0.4, -0.2) is 36.2 Å². The molecule has 0 aromatic carbocycles. The van der Waals surface area contributed by atoms with Gasteiger partial charge in [0.2, 0.25) is 5.91 Å². The molecular formula is C12H24N2O2. The molecule has 1 saturated heterocycles. The number of aliphatic hydroxyl groups is 1. The summed E-state index contributed by atoms with van der Waals surface area (Å²) in [5, 5.41) is 15.2. The van der Waals surface area contributed by atoms with E-state index in [0.717, 1.165) is 25.8 Å². The third kappa shape index (κ3) is 3.19. The lowest BCUT2D eigenvalue weighted by Crippen LogP contribution is -2.57. The molecule has 94 valence electrons. The highest BCUT2D eigenvalue weighted by atomic mass is 16.3. The van der Waals surface area contributed by atoms with Crippen molar-refractivity contribution in [2.45, 2.75) is 52.1 Å². The van der Waals surface area contributed by atoms with E-state index in [4.69, 9.17) is 5.11 Å². The predicted molar refractivity (Wildman–Crippen MR) is 64.1 cm³/mol. The van der Waals surface area contributed by atoms with Crippen molar-refractivity contribution in [3.05, 3.63) is 0 Å². The van der Waals surface area contributed by atoms with Crippen LogP contribution < -0.4 is 10.6 Å². The molecule has 16 heavy (non-hydrogen) atoms. The first kappa shape index (κ1) is 13.5. The lowest BCUT2D eigenvalue weighted by molar-refractivity contribution is -0.127. The predicted octanol–water partition coefficient (Wildman–Crippen LogP) is 0.652. The molecule has 0 spiro atoms. The third-order valence-electron chi connectivity index (χ3n) is 3.45. The van der Waals surface area contributed by atoms with Crippen molar-refractivity contribution in [3.8, 4) is 0 Å². The molecule has 1 aliphatic rings. The van der Waals surface area contributed by atoms with Crippen molar-refractivity contribution < 1.29 is 9.90 Å². The number of hydrogen-bond acceptors (Lipinski definition) is 3. The van der Waals surface area contributed by atoms with Gasteiger partial charge >= 0.3 is 0 Å². The molecule has 4 heteroatoms. The van der Waals surface area contributed by atoms with E-state index in [1.54, 1.807) is 0 Å².